The zero-order valence-electron chi connectivity index (χ0n) is 12.5. The minimum atomic E-state index is -1.39. The van der Waals surface area contributed by atoms with E-state index in [1.807, 2.05) is 0 Å². The first kappa shape index (κ1) is 16.2. The maximum atomic E-state index is 14.4. The molecule has 6 nitrogen and oxygen atoms in total. The average Bonchev–Trinajstić information content (AvgIpc) is 2.95. The van der Waals surface area contributed by atoms with Crippen molar-refractivity contribution in [2.24, 2.45) is 0 Å². The van der Waals surface area contributed by atoms with Crippen LogP contribution < -0.4 is 10.8 Å². The number of amides is 1. The van der Waals surface area contributed by atoms with Crippen molar-refractivity contribution in [1.82, 2.24) is 5.32 Å². The highest BCUT2D eigenvalue weighted by Gasteiger charge is 2.33. The second-order valence-electron chi connectivity index (χ2n) is 5.31. The van der Waals surface area contributed by atoms with Gasteiger partial charge in [-0.25, -0.2) is 9.18 Å². The van der Waals surface area contributed by atoms with Crippen LogP contribution in [-0.4, -0.2) is 29.1 Å². The Morgan fingerprint density at radius 1 is 1.21 bits per heavy atom. The van der Waals surface area contributed by atoms with Crippen molar-refractivity contribution in [3.05, 3.63) is 64.5 Å². The molecule has 1 aliphatic rings. The average molecular weight is 329 g/mol. The zero-order valence-corrected chi connectivity index (χ0v) is 12.5. The van der Waals surface area contributed by atoms with E-state index in [0.29, 0.717) is 11.1 Å². The molecular formula is C16H13BFNO5. The van der Waals surface area contributed by atoms with Gasteiger partial charge in [0.15, 0.2) is 0 Å². The number of carbonyl (C=O) groups is 2. The van der Waals surface area contributed by atoms with Crippen molar-refractivity contribution in [2.75, 3.05) is 0 Å². The maximum absolute atomic E-state index is 14.4. The monoisotopic (exact) mass is 329 g/mol. The number of rotatable bonds is 4. The third-order valence-electron chi connectivity index (χ3n) is 3.85. The van der Waals surface area contributed by atoms with E-state index in [9.17, 15) is 19.0 Å². The SMILES string of the molecule is O=C(O)c1ccccc1CNC(=O)c1ccc2c(c1F)B(O)OC2. The number of fused-ring (bicyclic) bond motifs is 1. The van der Waals surface area contributed by atoms with Crippen LogP contribution in [0.15, 0.2) is 36.4 Å². The Bertz CT molecular complexity index is 826. The van der Waals surface area contributed by atoms with Crippen LogP contribution in [0.2, 0.25) is 0 Å². The summed E-state index contributed by atoms with van der Waals surface area (Å²) in [6.45, 7) is 0.0260. The van der Waals surface area contributed by atoms with Crippen LogP contribution >= 0.6 is 0 Å². The van der Waals surface area contributed by atoms with Crippen LogP contribution in [0, 0.1) is 5.82 Å². The Labute approximate surface area is 137 Å². The first-order chi connectivity index (χ1) is 11.5. The van der Waals surface area contributed by atoms with Crippen LogP contribution in [0.25, 0.3) is 0 Å². The van der Waals surface area contributed by atoms with E-state index in [0.717, 1.165) is 0 Å². The molecule has 0 aliphatic carbocycles. The standard InChI is InChI=1S/C16H13BFNO5/c18-14-12(6-5-10-8-24-17(23)13(10)14)15(20)19-7-9-3-1-2-4-11(9)16(21)22/h1-6,23H,7-8H2,(H,19,20)(H,21,22). The number of benzene rings is 2. The molecule has 122 valence electrons. The summed E-state index contributed by atoms with van der Waals surface area (Å²) in [5.74, 6) is -2.64. The van der Waals surface area contributed by atoms with Crippen molar-refractivity contribution in [3.63, 3.8) is 0 Å². The molecule has 3 N–H and O–H groups in total. The lowest BCUT2D eigenvalue weighted by Crippen LogP contribution is -2.34. The minimum absolute atomic E-state index is 0.0337. The molecule has 1 amide bonds. The molecule has 0 atom stereocenters. The number of carboxylic acids is 1. The molecule has 24 heavy (non-hydrogen) atoms. The topological polar surface area (TPSA) is 95.9 Å². The summed E-state index contributed by atoms with van der Waals surface area (Å²) < 4.78 is 19.3. The molecule has 1 aliphatic heterocycles. The lowest BCUT2D eigenvalue weighted by molar-refractivity contribution is 0.0694. The molecule has 0 spiro atoms. The molecule has 0 aromatic heterocycles. The van der Waals surface area contributed by atoms with Crippen LogP contribution in [0.5, 0.6) is 0 Å². The molecule has 0 fully saturated rings. The van der Waals surface area contributed by atoms with E-state index in [1.54, 1.807) is 18.2 Å². The third kappa shape index (κ3) is 2.89. The summed E-state index contributed by atoms with van der Waals surface area (Å²) in [5, 5.41) is 21.2. The number of halogens is 1. The molecule has 8 heteroatoms. The number of hydrogen-bond donors (Lipinski definition) is 3. The number of nitrogens with one attached hydrogen (secondary N) is 1. The van der Waals surface area contributed by atoms with E-state index >= 15 is 0 Å². The van der Waals surface area contributed by atoms with Crippen LogP contribution in [0.3, 0.4) is 0 Å². The smallest absolute Gasteiger partial charge is 0.478 e. The minimum Gasteiger partial charge on any atom is -0.478 e. The van der Waals surface area contributed by atoms with Gasteiger partial charge in [0.1, 0.15) is 5.82 Å². The van der Waals surface area contributed by atoms with Gasteiger partial charge in [0.2, 0.25) is 0 Å². The molecule has 0 saturated carbocycles. The second-order valence-corrected chi connectivity index (χ2v) is 5.31. The number of carbonyl (C=O) groups excluding carboxylic acids is 1. The predicted octanol–water partition coefficient (Wildman–Crippen LogP) is 0.672. The first-order valence-electron chi connectivity index (χ1n) is 7.19. The van der Waals surface area contributed by atoms with Gasteiger partial charge in [0.05, 0.1) is 17.7 Å². The first-order valence-corrected chi connectivity index (χ1v) is 7.19. The Kier molecular flexibility index (Phi) is 4.33. The number of carboxylic acid groups (broad SMARTS) is 1. The Morgan fingerprint density at radius 3 is 2.71 bits per heavy atom. The Morgan fingerprint density at radius 2 is 1.96 bits per heavy atom. The summed E-state index contributed by atoms with van der Waals surface area (Å²) in [6.07, 6.45) is 0. The lowest BCUT2D eigenvalue weighted by atomic mass is 9.78. The predicted molar refractivity (Wildman–Crippen MR) is 83.4 cm³/mol. The van der Waals surface area contributed by atoms with Crippen LogP contribution in [0.4, 0.5) is 4.39 Å². The highest BCUT2D eigenvalue weighted by atomic mass is 19.1. The largest absolute Gasteiger partial charge is 0.494 e. The van der Waals surface area contributed by atoms with Crippen molar-refractivity contribution < 1.29 is 28.8 Å². The van der Waals surface area contributed by atoms with Crippen molar-refractivity contribution >= 4 is 24.5 Å². The van der Waals surface area contributed by atoms with Gasteiger partial charge >= 0.3 is 13.1 Å². The fourth-order valence-electron chi connectivity index (χ4n) is 2.61. The van der Waals surface area contributed by atoms with Gasteiger partial charge in [-0.15, -0.1) is 0 Å². The van der Waals surface area contributed by atoms with Gasteiger partial charge in [-0.1, -0.05) is 24.3 Å². The normalized spacial score (nSPS) is 12.8. The van der Waals surface area contributed by atoms with Crippen molar-refractivity contribution in [1.29, 1.82) is 0 Å². The van der Waals surface area contributed by atoms with Gasteiger partial charge in [0.25, 0.3) is 5.91 Å². The molecule has 0 saturated heterocycles. The van der Waals surface area contributed by atoms with Gasteiger partial charge in [0, 0.05) is 12.0 Å². The maximum Gasteiger partial charge on any atom is 0.494 e. The molecule has 3 rings (SSSR count). The second kappa shape index (κ2) is 6.42. The fourth-order valence-corrected chi connectivity index (χ4v) is 2.61. The number of aromatic carboxylic acids is 1. The molecule has 2 aromatic carbocycles. The fraction of sp³-hybridized carbons (Fsp3) is 0.125. The molecule has 2 aromatic rings. The molecule has 0 unspecified atom stereocenters. The van der Waals surface area contributed by atoms with E-state index < -0.39 is 24.8 Å². The summed E-state index contributed by atoms with van der Waals surface area (Å²) in [7, 11) is -1.39. The Hall–Kier alpha value is -2.71. The van der Waals surface area contributed by atoms with Crippen LogP contribution in [0.1, 0.15) is 31.8 Å². The Balaban J connectivity index is 1.80. The molecule has 0 radical (unpaired) electrons. The quantitative estimate of drug-likeness (QED) is 0.717. The third-order valence-corrected chi connectivity index (χ3v) is 3.85. The summed E-state index contributed by atoms with van der Waals surface area (Å²) in [5.41, 5.74) is 0.701. The van der Waals surface area contributed by atoms with E-state index in [2.05, 4.69) is 5.32 Å². The summed E-state index contributed by atoms with van der Waals surface area (Å²) in [6, 6.07) is 9.06. The van der Waals surface area contributed by atoms with Crippen molar-refractivity contribution in [3.8, 4) is 0 Å². The highest BCUT2D eigenvalue weighted by Crippen LogP contribution is 2.16. The van der Waals surface area contributed by atoms with Crippen LogP contribution in [-0.2, 0) is 17.8 Å². The summed E-state index contributed by atoms with van der Waals surface area (Å²) in [4.78, 5) is 23.3. The van der Waals surface area contributed by atoms with E-state index in [4.69, 9.17) is 9.76 Å². The molecule has 1 heterocycles. The van der Waals surface area contributed by atoms with Gasteiger partial charge < -0.3 is 20.1 Å². The molecule has 0 bridgehead atoms. The number of hydrogen-bond acceptors (Lipinski definition) is 4. The van der Waals surface area contributed by atoms with Gasteiger partial charge in [-0.3, -0.25) is 4.79 Å². The lowest BCUT2D eigenvalue weighted by Gasteiger charge is -2.10. The van der Waals surface area contributed by atoms with Gasteiger partial charge in [-0.2, -0.15) is 0 Å². The van der Waals surface area contributed by atoms with Crippen molar-refractivity contribution in [2.45, 2.75) is 13.2 Å². The highest BCUT2D eigenvalue weighted by molar-refractivity contribution is 6.61. The molecular weight excluding hydrogens is 316 g/mol. The van der Waals surface area contributed by atoms with Gasteiger partial charge in [-0.05, 0) is 23.3 Å². The zero-order chi connectivity index (χ0) is 17.3. The summed E-state index contributed by atoms with van der Waals surface area (Å²) >= 11 is 0. The van der Waals surface area contributed by atoms with E-state index in [1.165, 1.54) is 18.2 Å². The van der Waals surface area contributed by atoms with E-state index in [-0.39, 0.29) is 29.7 Å².